The number of halogens is 1. The molecule has 0 radical (unpaired) electrons. The molecule has 96 valence electrons. The van der Waals surface area contributed by atoms with Crippen molar-refractivity contribution >= 4 is 10.9 Å². The Balaban J connectivity index is 1.94. The Morgan fingerprint density at radius 1 is 1.05 bits per heavy atom. The third kappa shape index (κ3) is 2.17. The lowest BCUT2D eigenvalue weighted by molar-refractivity contribution is 0.480. The molecule has 0 fully saturated rings. The summed E-state index contributed by atoms with van der Waals surface area (Å²) < 4.78 is 18.9. The molecule has 1 heterocycles. The molecule has 0 unspecified atom stereocenters. The third-order valence-electron chi connectivity index (χ3n) is 3.09. The van der Waals surface area contributed by atoms with Gasteiger partial charge in [0.25, 0.3) is 0 Å². The average Bonchev–Trinajstić information content (AvgIpc) is 2.75. The van der Waals surface area contributed by atoms with Gasteiger partial charge in [-0.3, -0.25) is 5.10 Å². The normalized spacial score (nSPS) is 10.9. The summed E-state index contributed by atoms with van der Waals surface area (Å²) in [6, 6.07) is 10.4. The molecule has 0 aliphatic rings. The number of nitrogens with zero attached hydrogens (tertiary/aromatic N) is 1. The fourth-order valence-corrected chi connectivity index (χ4v) is 2.02. The minimum absolute atomic E-state index is 0.230. The first-order valence-corrected chi connectivity index (χ1v) is 6.02. The van der Waals surface area contributed by atoms with Gasteiger partial charge in [-0.1, -0.05) is 0 Å². The molecular formula is C15H13FN2O. The van der Waals surface area contributed by atoms with Crippen LogP contribution in [0.5, 0.6) is 11.5 Å². The molecule has 0 spiro atoms. The topological polar surface area (TPSA) is 37.9 Å². The van der Waals surface area contributed by atoms with Crippen LogP contribution in [0.4, 0.5) is 4.39 Å². The number of fused-ring (bicyclic) bond motifs is 1. The van der Waals surface area contributed by atoms with Gasteiger partial charge in [0.2, 0.25) is 0 Å². The van der Waals surface area contributed by atoms with Gasteiger partial charge < -0.3 is 4.74 Å². The van der Waals surface area contributed by atoms with Gasteiger partial charge in [-0.15, -0.1) is 0 Å². The highest BCUT2D eigenvalue weighted by Crippen LogP contribution is 2.26. The number of aryl methyl sites for hydroxylation is 2. The van der Waals surface area contributed by atoms with Crippen molar-refractivity contribution in [2.45, 2.75) is 13.8 Å². The molecule has 19 heavy (non-hydrogen) atoms. The SMILES string of the molecule is Cc1cc(Oc2ccc3c(C)n[nH]c3c2)ccc1F. The zero-order chi connectivity index (χ0) is 13.4. The van der Waals surface area contributed by atoms with Crippen molar-refractivity contribution in [1.29, 1.82) is 0 Å². The summed E-state index contributed by atoms with van der Waals surface area (Å²) in [6.07, 6.45) is 0. The number of aromatic amines is 1. The van der Waals surface area contributed by atoms with Crippen LogP contribution < -0.4 is 4.74 Å². The van der Waals surface area contributed by atoms with Crippen molar-refractivity contribution < 1.29 is 9.13 Å². The predicted octanol–water partition coefficient (Wildman–Crippen LogP) is 4.11. The van der Waals surface area contributed by atoms with Gasteiger partial charge in [0.15, 0.2) is 0 Å². The lowest BCUT2D eigenvalue weighted by Gasteiger charge is -2.07. The Kier molecular flexibility index (Phi) is 2.71. The van der Waals surface area contributed by atoms with Gasteiger partial charge in [-0.25, -0.2) is 4.39 Å². The first-order valence-electron chi connectivity index (χ1n) is 6.02. The number of hydrogen-bond donors (Lipinski definition) is 1. The third-order valence-corrected chi connectivity index (χ3v) is 3.09. The van der Waals surface area contributed by atoms with Crippen molar-refractivity contribution in [3.63, 3.8) is 0 Å². The van der Waals surface area contributed by atoms with Crippen LogP contribution in [-0.4, -0.2) is 10.2 Å². The molecule has 1 N–H and O–H groups in total. The maximum Gasteiger partial charge on any atom is 0.129 e. The Morgan fingerprint density at radius 3 is 2.58 bits per heavy atom. The summed E-state index contributed by atoms with van der Waals surface area (Å²) in [7, 11) is 0. The molecule has 0 atom stereocenters. The maximum absolute atomic E-state index is 13.2. The highest BCUT2D eigenvalue weighted by molar-refractivity contribution is 5.82. The maximum atomic E-state index is 13.2. The Bertz CT molecular complexity index is 749. The fourth-order valence-electron chi connectivity index (χ4n) is 2.02. The van der Waals surface area contributed by atoms with E-state index in [1.54, 1.807) is 19.1 Å². The molecule has 0 aliphatic heterocycles. The molecule has 3 aromatic rings. The summed E-state index contributed by atoms with van der Waals surface area (Å²) in [5.74, 6) is 1.09. The Hall–Kier alpha value is -2.36. The van der Waals surface area contributed by atoms with Gasteiger partial charge in [-0.2, -0.15) is 5.10 Å². The zero-order valence-corrected chi connectivity index (χ0v) is 10.7. The predicted molar refractivity (Wildman–Crippen MR) is 72.0 cm³/mol. The van der Waals surface area contributed by atoms with Crippen molar-refractivity contribution in [2.24, 2.45) is 0 Å². The van der Waals surface area contributed by atoms with Crippen molar-refractivity contribution in [3.8, 4) is 11.5 Å². The van der Waals surface area contributed by atoms with Crippen LogP contribution in [0, 0.1) is 19.7 Å². The molecule has 3 nitrogen and oxygen atoms in total. The first-order chi connectivity index (χ1) is 9.13. The molecule has 1 aromatic heterocycles. The number of aromatic nitrogens is 2. The summed E-state index contributed by atoms with van der Waals surface area (Å²) >= 11 is 0. The van der Waals surface area contributed by atoms with Gasteiger partial charge in [-0.05, 0) is 49.7 Å². The fraction of sp³-hybridized carbons (Fsp3) is 0.133. The monoisotopic (exact) mass is 256 g/mol. The van der Waals surface area contributed by atoms with Crippen LogP contribution in [0.25, 0.3) is 10.9 Å². The van der Waals surface area contributed by atoms with E-state index in [2.05, 4.69) is 10.2 Å². The molecule has 0 saturated heterocycles. The lowest BCUT2D eigenvalue weighted by atomic mass is 10.2. The molecule has 0 saturated carbocycles. The van der Waals surface area contributed by atoms with E-state index in [0.29, 0.717) is 17.1 Å². The molecule has 4 heteroatoms. The van der Waals surface area contributed by atoms with E-state index in [-0.39, 0.29) is 5.82 Å². The Labute approximate surface area is 110 Å². The van der Waals surface area contributed by atoms with E-state index in [0.717, 1.165) is 16.6 Å². The zero-order valence-electron chi connectivity index (χ0n) is 10.7. The number of hydrogen-bond acceptors (Lipinski definition) is 2. The van der Waals surface area contributed by atoms with Crippen LogP contribution in [0.2, 0.25) is 0 Å². The smallest absolute Gasteiger partial charge is 0.129 e. The molecule has 0 bridgehead atoms. The van der Waals surface area contributed by atoms with Crippen molar-refractivity contribution in [1.82, 2.24) is 10.2 Å². The van der Waals surface area contributed by atoms with E-state index in [9.17, 15) is 4.39 Å². The van der Waals surface area contributed by atoms with Crippen LogP contribution in [0.1, 0.15) is 11.3 Å². The van der Waals surface area contributed by atoms with Crippen LogP contribution >= 0.6 is 0 Å². The Morgan fingerprint density at radius 2 is 1.79 bits per heavy atom. The van der Waals surface area contributed by atoms with E-state index < -0.39 is 0 Å². The van der Waals surface area contributed by atoms with Crippen LogP contribution in [0.3, 0.4) is 0 Å². The minimum Gasteiger partial charge on any atom is -0.457 e. The highest BCUT2D eigenvalue weighted by Gasteiger charge is 2.05. The second-order valence-corrected chi connectivity index (χ2v) is 4.53. The van der Waals surface area contributed by atoms with Gasteiger partial charge >= 0.3 is 0 Å². The molecule has 0 aliphatic carbocycles. The summed E-state index contributed by atoms with van der Waals surface area (Å²) in [6.45, 7) is 3.66. The first kappa shape index (κ1) is 11.7. The van der Waals surface area contributed by atoms with Gasteiger partial charge in [0.05, 0.1) is 11.2 Å². The summed E-state index contributed by atoms with van der Waals surface area (Å²) in [4.78, 5) is 0. The number of benzene rings is 2. The summed E-state index contributed by atoms with van der Waals surface area (Å²) in [5.41, 5.74) is 2.45. The van der Waals surface area contributed by atoms with E-state index in [4.69, 9.17) is 4.74 Å². The quantitative estimate of drug-likeness (QED) is 0.749. The lowest BCUT2D eigenvalue weighted by Crippen LogP contribution is -1.87. The number of H-pyrrole nitrogens is 1. The standard InChI is InChI=1S/C15H13FN2O/c1-9-7-11(4-6-14(9)16)19-12-3-5-13-10(2)17-18-15(13)8-12/h3-8H,1-2H3,(H,17,18). The van der Waals surface area contributed by atoms with Crippen molar-refractivity contribution in [3.05, 3.63) is 53.5 Å². The highest BCUT2D eigenvalue weighted by atomic mass is 19.1. The number of nitrogens with one attached hydrogen (secondary N) is 1. The largest absolute Gasteiger partial charge is 0.457 e. The molecule has 0 amide bonds. The van der Waals surface area contributed by atoms with E-state index in [1.165, 1.54) is 6.07 Å². The van der Waals surface area contributed by atoms with Crippen LogP contribution in [-0.2, 0) is 0 Å². The number of ether oxygens (including phenoxy) is 1. The number of rotatable bonds is 2. The summed E-state index contributed by atoms with van der Waals surface area (Å²) in [5, 5.41) is 8.16. The minimum atomic E-state index is -0.230. The molecule has 3 rings (SSSR count). The second-order valence-electron chi connectivity index (χ2n) is 4.53. The molecular weight excluding hydrogens is 243 g/mol. The molecule has 2 aromatic carbocycles. The van der Waals surface area contributed by atoms with Gasteiger partial charge in [0, 0.05) is 11.5 Å². The van der Waals surface area contributed by atoms with E-state index in [1.807, 2.05) is 25.1 Å². The van der Waals surface area contributed by atoms with E-state index >= 15 is 0 Å². The van der Waals surface area contributed by atoms with Crippen LogP contribution in [0.15, 0.2) is 36.4 Å². The van der Waals surface area contributed by atoms with Crippen molar-refractivity contribution in [2.75, 3.05) is 0 Å². The average molecular weight is 256 g/mol. The van der Waals surface area contributed by atoms with Gasteiger partial charge in [0.1, 0.15) is 17.3 Å². The second kappa shape index (κ2) is 4.39.